The Morgan fingerprint density at radius 3 is 2.71 bits per heavy atom. The van der Waals surface area contributed by atoms with Gasteiger partial charge in [-0.1, -0.05) is 45.4 Å². The molecule has 3 heterocycles. The zero-order chi connectivity index (χ0) is 32.6. The topological polar surface area (TPSA) is 127 Å². The van der Waals surface area contributed by atoms with Crippen molar-refractivity contribution in [2.45, 2.75) is 97.0 Å². The van der Waals surface area contributed by atoms with E-state index in [0.717, 1.165) is 55.4 Å². The normalized spacial score (nSPS) is 23.6. The predicted molar refractivity (Wildman–Crippen MR) is 182 cm³/mol. The molecule has 1 aromatic carbocycles. The summed E-state index contributed by atoms with van der Waals surface area (Å²) in [5, 5.41) is 10.0. The van der Waals surface area contributed by atoms with Gasteiger partial charge in [0, 0.05) is 30.2 Å². The third kappa shape index (κ3) is 7.87. The van der Waals surface area contributed by atoms with Gasteiger partial charge in [-0.3, -0.25) is 4.99 Å². The highest BCUT2D eigenvalue weighted by Crippen LogP contribution is 2.44. The van der Waals surface area contributed by atoms with Crippen LogP contribution in [-0.2, 0) is 16.4 Å². The van der Waals surface area contributed by atoms with Crippen LogP contribution in [0.3, 0.4) is 0 Å². The summed E-state index contributed by atoms with van der Waals surface area (Å²) in [5.41, 5.74) is 12.1. The van der Waals surface area contributed by atoms with Gasteiger partial charge >= 0.3 is 0 Å². The molecule has 1 saturated carbocycles. The molecule has 8 nitrogen and oxygen atoms in total. The Hall–Kier alpha value is -3.01. The summed E-state index contributed by atoms with van der Waals surface area (Å²) in [6.45, 7) is 13.0. The highest BCUT2D eigenvalue weighted by Gasteiger charge is 2.34. The Morgan fingerprint density at radius 2 is 1.98 bits per heavy atom. The molecule has 2 aromatic rings. The molecule has 4 N–H and O–H groups in total. The van der Waals surface area contributed by atoms with Crippen molar-refractivity contribution in [2.75, 3.05) is 18.9 Å². The van der Waals surface area contributed by atoms with E-state index in [0.29, 0.717) is 29.9 Å². The lowest BCUT2D eigenvalue weighted by molar-refractivity contribution is 0.0857. The predicted octanol–water partition coefficient (Wildman–Crippen LogP) is 6.85. The van der Waals surface area contributed by atoms with Crippen LogP contribution in [0.15, 0.2) is 63.8 Å². The Labute approximate surface area is 269 Å². The van der Waals surface area contributed by atoms with Crippen LogP contribution in [0, 0.1) is 23.2 Å². The molecule has 0 saturated heterocycles. The zero-order valence-corrected chi connectivity index (χ0v) is 28.5. The standard InChI is InChI=1S/C36H50N4O4S/c1-7-24-11-14-38-31-10-13-35(3,4)20-30(31)29(24)18-25-12-15-44-32-9-8-26(17-27(32)16-23(25)2)28-19-33(34(37)39-21-28)45(42,43)40-22-36(5,6)41/h8-9,11,14,17,19,21,23-25,40-41H,7,10,12-13,15-16,18,20,22H2,1-6H3,(H2,37,39). The third-order valence-electron chi connectivity index (χ3n) is 9.70. The maximum atomic E-state index is 13.1. The molecule has 2 aliphatic heterocycles. The van der Waals surface area contributed by atoms with Crippen molar-refractivity contribution in [1.29, 1.82) is 0 Å². The van der Waals surface area contributed by atoms with Crippen LogP contribution in [0.4, 0.5) is 5.82 Å². The number of nitrogens with one attached hydrogen (secondary N) is 1. The van der Waals surface area contributed by atoms with Crippen LogP contribution in [-0.4, -0.2) is 43.0 Å². The van der Waals surface area contributed by atoms with E-state index in [1.807, 2.05) is 18.3 Å². The molecule has 9 heteroatoms. The molecule has 1 aliphatic carbocycles. The van der Waals surface area contributed by atoms with Crippen LogP contribution < -0.4 is 15.2 Å². The highest BCUT2D eigenvalue weighted by atomic mass is 32.2. The number of ether oxygens (including phenoxy) is 1. The molecular weight excluding hydrogens is 584 g/mol. The van der Waals surface area contributed by atoms with E-state index in [1.54, 1.807) is 17.8 Å². The minimum Gasteiger partial charge on any atom is -0.493 e. The van der Waals surface area contributed by atoms with Crippen molar-refractivity contribution in [2.24, 2.45) is 28.2 Å². The minimum absolute atomic E-state index is 0.0864. The molecule has 1 aromatic heterocycles. The molecular formula is C36H50N4O4S. The Kier molecular flexibility index (Phi) is 9.64. The van der Waals surface area contributed by atoms with E-state index in [4.69, 9.17) is 15.5 Å². The summed E-state index contributed by atoms with van der Waals surface area (Å²) in [6, 6.07) is 7.57. The lowest BCUT2D eigenvalue weighted by Crippen LogP contribution is -2.38. The minimum atomic E-state index is -3.98. The van der Waals surface area contributed by atoms with Crippen LogP contribution in [0.2, 0.25) is 0 Å². The largest absolute Gasteiger partial charge is 0.493 e. The first-order valence-corrected chi connectivity index (χ1v) is 17.8. The first-order valence-electron chi connectivity index (χ1n) is 16.3. The molecule has 244 valence electrons. The van der Waals surface area contributed by atoms with E-state index in [2.05, 4.69) is 49.5 Å². The number of aromatic nitrogens is 1. The molecule has 3 unspecified atom stereocenters. The second-order valence-electron chi connectivity index (χ2n) is 14.6. The fourth-order valence-electron chi connectivity index (χ4n) is 6.89. The number of nitrogen functional groups attached to an aromatic ring is 1. The SMILES string of the molecule is CCC1C=CN=C2CCC(C)(C)CC2=C1CC1CCOc2ccc(-c3cnc(N)c(S(=O)(=O)NCC(C)(C)O)c3)cc2CC1C. The maximum Gasteiger partial charge on any atom is 0.244 e. The first kappa shape index (κ1) is 33.4. The molecule has 5 rings (SSSR count). The number of nitrogens with two attached hydrogens (primary N) is 1. The number of aliphatic imine (C=N–C) groups is 1. The summed E-state index contributed by atoms with van der Waals surface area (Å²) in [7, 11) is -3.98. The molecule has 0 bridgehead atoms. The van der Waals surface area contributed by atoms with Gasteiger partial charge < -0.3 is 15.6 Å². The highest BCUT2D eigenvalue weighted by molar-refractivity contribution is 7.89. The smallest absolute Gasteiger partial charge is 0.244 e. The number of sulfonamides is 1. The van der Waals surface area contributed by atoms with Gasteiger partial charge in [0.15, 0.2) is 0 Å². The second-order valence-corrected chi connectivity index (χ2v) is 16.4. The molecule has 45 heavy (non-hydrogen) atoms. The van der Waals surface area contributed by atoms with Crippen LogP contribution in [0.1, 0.15) is 85.6 Å². The number of nitrogens with zero attached hydrogens (tertiary/aromatic N) is 2. The number of rotatable bonds is 8. The second kappa shape index (κ2) is 13.0. The molecule has 0 amide bonds. The van der Waals surface area contributed by atoms with E-state index >= 15 is 0 Å². The molecule has 3 aliphatic rings. The monoisotopic (exact) mass is 634 g/mol. The van der Waals surface area contributed by atoms with Gasteiger partial charge in [0.25, 0.3) is 0 Å². The van der Waals surface area contributed by atoms with E-state index in [-0.39, 0.29) is 22.7 Å². The third-order valence-corrected chi connectivity index (χ3v) is 11.1. The van der Waals surface area contributed by atoms with Gasteiger partial charge in [-0.25, -0.2) is 18.1 Å². The van der Waals surface area contributed by atoms with E-state index < -0.39 is 15.6 Å². The Morgan fingerprint density at radius 1 is 1.20 bits per heavy atom. The summed E-state index contributed by atoms with van der Waals surface area (Å²) in [4.78, 5) is 9.02. The van der Waals surface area contributed by atoms with Crippen molar-refractivity contribution < 1.29 is 18.3 Å². The fourth-order valence-corrected chi connectivity index (χ4v) is 8.20. The van der Waals surface area contributed by atoms with Crippen LogP contribution in [0.5, 0.6) is 5.75 Å². The van der Waals surface area contributed by atoms with E-state index in [1.165, 1.54) is 31.6 Å². The number of hydrogen-bond donors (Lipinski definition) is 3. The van der Waals surface area contributed by atoms with Crippen molar-refractivity contribution in [3.05, 3.63) is 59.4 Å². The van der Waals surface area contributed by atoms with Gasteiger partial charge in [0.1, 0.15) is 16.5 Å². The Balaban J connectivity index is 1.41. The summed E-state index contributed by atoms with van der Waals surface area (Å²) >= 11 is 0. The van der Waals surface area contributed by atoms with Crippen molar-refractivity contribution in [3.8, 4) is 16.9 Å². The van der Waals surface area contributed by atoms with Gasteiger partial charge in [-0.2, -0.15) is 0 Å². The summed E-state index contributed by atoms with van der Waals surface area (Å²) in [6.07, 6.45) is 13.2. The first-order chi connectivity index (χ1) is 21.2. The maximum absolute atomic E-state index is 13.1. The number of hydrogen-bond acceptors (Lipinski definition) is 7. The Bertz CT molecular complexity index is 1620. The molecule has 0 radical (unpaired) electrons. The number of benzene rings is 1. The summed E-state index contributed by atoms with van der Waals surface area (Å²) < 4.78 is 34.9. The van der Waals surface area contributed by atoms with Gasteiger partial charge in [-0.15, -0.1) is 0 Å². The van der Waals surface area contributed by atoms with Gasteiger partial charge in [0.05, 0.1) is 12.2 Å². The number of allylic oxidation sites excluding steroid dienone is 3. The van der Waals surface area contributed by atoms with Gasteiger partial charge in [0.2, 0.25) is 10.0 Å². The average Bonchev–Trinajstić information content (AvgIpc) is 3.13. The number of anilines is 1. The lowest BCUT2D eigenvalue weighted by atomic mass is 9.69. The lowest BCUT2D eigenvalue weighted by Gasteiger charge is -2.36. The van der Waals surface area contributed by atoms with Gasteiger partial charge in [-0.05, 0) is 117 Å². The fraction of sp³-hybridized carbons (Fsp3) is 0.556. The number of fused-ring (bicyclic) bond motifs is 2. The quantitative estimate of drug-likeness (QED) is 0.292. The summed E-state index contributed by atoms with van der Waals surface area (Å²) in [5.74, 6) is 2.09. The number of pyridine rings is 1. The van der Waals surface area contributed by atoms with Crippen molar-refractivity contribution in [3.63, 3.8) is 0 Å². The van der Waals surface area contributed by atoms with Crippen molar-refractivity contribution in [1.82, 2.24) is 9.71 Å². The number of aliphatic hydroxyl groups is 1. The molecule has 0 spiro atoms. The molecule has 1 fully saturated rings. The average molecular weight is 635 g/mol. The van der Waals surface area contributed by atoms with E-state index in [9.17, 15) is 13.5 Å². The van der Waals surface area contributed by atoms with Crippen LogP contribution >= 0.6 is 0 Å². The molecule has 3 atom stereocenters. The zero-order valence-electron chi connectivity index (χ0n) is 27.7. The van der Waals surface area contributed by atoms with Crippen molar-refractivity contribution >= 4 is 21.6 Å². The van der Waals surface area contributed by atoms with Crippen LogP contribution in [0.25, 0.3) is 11.1 Å².